The van der Waals surface area contributed by atoms with Crippen LogP contribution in [0.15, 0.2) is 72.8 Å². The molecular formula is C28H29NO2. The highest BCUT2D eigenvalue weighted by Gasteiger charge is 2.19. The molecule has 1 saturated heterocycles. The molecule has 0 radical (unpaired) electrons. The maximum Gasteiger partial charge on any atom is 0.123 e. The van der Waals surface area contributed by atoms with Crippen molar-refractivity contribution in [1.29, 1.82) is 0 Å². The highest BCUT2D eigenvalue weighted by atomic mass is 16.5. The molecule has 4 aromatic carbocycles. The Kier molecular flexibility index (Phi) is 5.52. The molecule has 0 bridgehead atoms. The topological polar surface area (TPSA) is 32.7 Å². The van der Waals surface area contributed by atoms with Crippen LogP contribution in [0, 0.1) is 5.92 Å². The number of phenols is 1. The van der Waals surface area contributed by atoms with Crippen molar-refractivity contribution in [1.82, 2.24) is 4.90 Å². The molecule has 3 heteroatoms. The predicted octanol–water partition coefficient (Wildman–Crippen LogP) is 6.01. The van der Waals surface area contributed by atoms with E-state index in [2.05, 4.69) is 60.5 Å². The van der Waals surface area contributed by atoms with E-state index in [0.29, 0.717) is 18.1 Å². The molecule has 5 rings (SSSR count). The van der Waals surface area contributed by atoms with Crippen LogP contribution in [0.1, 0.15) is 24.0 Å². The second-order valence-corrected chi connectivity index (χ2v) is 8.78. The molecule has 1 heterocycles. The van der Waals surface area contributed by atoms with Gasteiger partial charge in [0.15, 0.2) is 0 Å². The first-order chi connectivity index (χ1) is 15.2. The highest BCUT2D eigenvalue weighted by Crippen LogP contribution is 2.36. The Balaban J connectivity index is 1.53. The van der Waals surface area contributed by atoms with Gasteiger partial charge < -0.3 is 14.7 Å². The summed E-state index contributed by atoms with van der Waals surface area (Å²) in [5.41, 5.74) is 2.11. The Morgan fingerprint density at radius 2 is 1.42 bits per heavy atom. The Labute approximate surface area is 183 Å². The van der Waals surface area contributed by atoms with Crippen molar-refractivity contribution in [3.63, 3.8) is 0 Å². The minimum atomic E-state index is 0.341. The molecule has 1 aliphatic rings. The van der Waals surface area contributed by atoms with E-state index in [4.69, 9.17) is 4.74 Å². The smallest absolute Gasteiger partial charge is 0.123 e. The summed E-state index contributed by atoms with van der Waals surface area (Å²) < 4.78 is 6.44. The minimum absolute atomic E-state index is 0.341. The summed E-state index contributed by atoms with van der Waals surface area (Å²) in [7, 11) is 2.19. The second kappa shape index (κ2) is 8.60. The van der Waals surface area contributed by atoms with E-state index in [-0.39, 0.29) is 0 Å². The monoisotopic (exact) mass is 411 g/mol. The number of fused-ring (bicyclic) bond motifs is 2. The van der Waals surface area contributed by atoms with Crippen molar-refractivity contribution in [3.8, 4) is 11.5 Å². The van der Waals surface area contributed by atoms with Crippen LogP contribution in [-0.4, -0.2) is 36.8 Å². The lowest BCUT2D eigenvalue weighted by Gasteiger charge is -2.29. The zero-order chi connectivity index (χ0) is 21.2. The molecule has 1 N–H and O–H groups in total. The quantitative estimate of drug-likeness (QED) is 0.436. The number of hydrogen-bond acceptors (Lipinski definition) is 3. The average Bonchev–Trinajstić information content (AvgIpc) is 2.81. The van der Waals surface area contributed by atoms with Crippen LogP contribution in [0.2, 0.25) is 0 Å². The zero-order valence-electron chi connectivity index (χ0n) is 18.1. The van der Waals surface area contributed by atoms with Crippen molar-refractivity contribution in [2.24, 2.45) is 5.92 Å². The van der Waals surface area contributed by atoms with Crippen LogP contribution in [0.5, 0.6) is 11.5 Å². The number of piperidine rings is 1. The van der Waals surface area contributed by atoms with E-state index in [1.165, 1.54) is 23.6 Å². The standard InChI is InChI=1S/C28H29NO2/c1-29-16-14-20(15-17-29)19-31-28-13-11-22-7-3-5-9-24(22)26(28)18-25-23-8-4-2-6-21(23)10-12-27(25)30/h2-13,20,30H,14-19H2,1H3. The van der Waals surface area contributed by atoms with Crippen LogP contribution in [0.25, 0.3) is 21.5 Å². The first kappa shape index (κ1) is 19.9. The summed E-state index contributed by atoms with van der Waals surface area (Å²) in [5.74, 6) is 1.87. The van der Waals surface area contributed by atoms with E-state index in [1.54, 1.807) is 0 Å². The van der Waals surface area contributed by atoms with Gasteiger partial charge in [0, 0.05) is 17.5 Å². The molecule has 0 amide bonds. The molecule has 0 aromatic heterocycles. The van der Waals surface area contributed by atoms with Gasteiger partial charge in [-0.15, -0.1) is 0 Å². The summed E-state index contributed by atoms with van der Waals surface area (Å²) in [5, 5.41) is 15.4. The highest BCUT2D eigenvalue weighted by molar-refractivity contribution is 5.91. The van der Waals surface area contributed by atoms with Crippen molar-refractivity contribution >= 4 is 21.5 Å². The molecule has 0 spiro atoms. The lowest BCUT2D eigenvalue weighted by molar-refractivity contribution is 0.159. The molecule has 0 aliphatic carbocycles. The number of aromatic hydroxyl groups is 1. The molecule has 0 saturated carbocycles. The molecule has 1 fully saturated rings. The van der Waals surface area contributed by atoms with E-state index in [1.807, 2.05) is 24.3 Å². The zero-order valence-corrected chi connectivity index (χ0v) is 18.1. The molecule has 31 heavy (non-hydrogen) atoms. The van der Waals surface area contributed by atoms with Crippen molar-refractivity contribution < 1.29 is 9.84 Å². The third-order valence-corrected chi connectivity index (χ3v) is 6.68. The summed E-state index contributed by atoms with van der Waals surface area (Å²) in [6.07, 6.45) is 3.00. The van der Waals surface area contributed by atoms with Gasteiger partial charge in [-0.25, -0.2) is 0 Å². The van der Waals surface area contributed by atoms with Gasteiger partial charge in [-0.1, -0.05) is 60.7 Å². The Hall–Kier alpha value is -3.04. The van der Waals surface area contributed by atoms with Gasteiger partial charge in [0.25, 0.3) is 0 Å². The number of benzene rings is 4. The largest absolute Gasteiger partial charge is 0.508 e. The minimum Gasteiger partial charge on any atom is -0.508 e. The van der Waals surface area contributed by atoms with Gasteiger partial charge in [-0.2, -0.15) is 0 Å². The van der Waals surface area contributed by atoms with Crippen LogP contribution >= 0.6 is 0 Å². The molecular weight excluding hydrogens is 382 g/mol. The first-order valence-corrected chi connectivity index (χ1v) is 11.2. The van der Waals surface area contributed by atoms with Gasteiger partial charge in [0.1, 0.15) is 11.5 Å². The van der Waals surface area contributed by atoms with Crippen molar-refractivity contribution in [2.75, 3.05) is 26.7 Å². The van der Waals surface area contributed by atoms with Gasteiger partial charge in [-0.3, -0.25) is 0 Å². The molecule has 3 nitrogen and oxygen atoms in total. The molecule has 0 atom stereocenters. The van der Waals surface area contributed by atoms with Crippen LogP contribution in [0.3, 0.4) is 0 Å². The maximum atomic E-state index is 10.7. The van der Waals surface area contributed by atoms with Crippen LogP contribution in [-0.2, 0) is 6.42 Å². The number of nitrogens with zero attached hydrogens (tertiary/aromatic N) is 1. The third kappa shape index (κ3) is 4.11. The average molecular weight is 412 g/mol. The maximum absolute atomic E-state index is 10.7. The molecule has 1 aliphatic heterocycles. The lowest BCUT2D eigenvalue weighted by Crippen LogP contribution is -2.32. The fourth-order valence-electron chi connectivity index (χ4n) is 4.76. The Morgan fingerprint density at radius 3 is 2.13 bits per heavy atom. The normalized spacial score (nSPS) is 15.5. The third-order valence-electron chi connectivity index (χ3n) is 6.68. The molecule has 0 unspecified atom stereocenters. The first-order valence-electron chi connectivity index (χ1n) is 11.2. The lowest BCUT2D eigenvalue weighted by atomic mass is 9.93. The van der Waals surface area contributed by atoms with Crippen molar-refractivity contribution in [3.05, 3.63) is 83.9 Å². The fourth-order valence-corrected chi connectivity index (χ4v) is 4.76. The number of hydrogen-bond donors (Lipinski definition) is 1. The number of likely N-dealkylation sites (tertiary alicyclic amines) is 1. The predicted molar refractivity (Wildman–Crippen MR) is 128 cm³/mol. The number of phenolic OH excluding ortho intramolecular Hbond substituents is 1. The Morgan fingerprint density at radius 1 is 0.806 bits per heavy atom. The summed E-state index contributed by atoms with van der Waals surface area (Å²) >= 11 is 0. The van der Waals surface area contributed by atoms with E-state index >= 15 is 0 Å². The van der Waals surface area contributed by atoms with Gasteiger partial charge >= 0.3 is 0 Å². The summed E-state index contributed by atoms with van der Waals surface area (Å²) in [6.45, 7) is 3.03. The van der Waals surface area contributed by atoms with E-state index in [9.17, 15) is 5.11 Å². The SMILES string of the molecule is CN1CCC(COc2ccc3ccccc3c2Cc2c(O)ccc3ccccc23)CC1. The van der Waals surface area contributed by atoms with E-state index in [0.717, 1.165) is 47.3 Å². The van der Waals surface area contributed by atoms with Crippen LogP contribution < -0.4 is 4.74 Å². The van der Waals surface area contributed by atoms with Gasteiger partial charge in [0.2, 0.25) is 0 Å². The fraction of sp³-hybridized carbons (Fsp3) is 0.286. The second-order valence-electron chi connectivity index (χ2n) is 8.78. The van der Waals surface area contributed by atoms with Gasteiger partial charge in [-0.05, 0) is 72.6 Å². The Bertz CT molecular complexity index is 1210. The summed E-state index contributed by atoms with van der Waals surface area (Å²) in [6, 6.07) is 24.8. The number of rotatable bonds is 5. The molecule has 4 aromatic rings. The van der Waals surface area contributed by atoms with Gasteiger partial charge in [0.05, 0.1) is 6.61 Å². The number of ether oxygens (including phenoxy) is 1. The van der Waals surface area contributed by atoms with Crippen molar-refractivity contribution in [2.45, 2.75) is 19.3 Å². The van der Waals surface area contributed by atoms with Crippen LogP contribution in [0.4, 0.5) is 0 Å². The molecule has 158 valence electrons. The van der Waals surface area contributed by atoms with E-state index < -0.39 is 0 Å². The summed E-state index contributed by atoms with van der Waals surface area (Å²) in [4.78, 5) is 2.39.